The van der Waals surface area contributed by atoms with Crippen molar-refractivity contribution in [3.8, 4) is 0 Å². The zero-order valence-corrected chi connectivity index (χ0v) is 28.6. The molecule has 2 aromatic heterocycles. The number of nitrogens with zero attached hydrogens (tertiary/aromatic N) is 2. The molecule has 0 unspecified atom stereocenters. The Morgan fingerprint density at radius 3 is 0.973 bits per heavy atom. The number of benzene rings is 1. The SMILES string of the molecule is CC.CC.CC.CC(C)(C)C.CC(C)(C)C.CC(C)(C)c1ccccc1.c1ccncc1.c1cscn1. The first-order chi connectivity index (χ1) is 17.1. The molecular weight excluding hydrogens is 468 g/mol. The molecule has 3 aromatic rings. The molecule has 1 aromatic carbocycles. The molecule has 0 atom stereocenters. The van der Waals surface area contributed by atoms with Crippen molar-refractivity contribution < 1.29 is 0 Å². The van der Waals surface area contributed by atoms with E-state index in [2.05, 4.69) is 116 Å². The van der Waals surface area contributed by atoms with Gasteiger partial charge < -0.3 is 0 Å². The van der Waals surface area contributed by atoms with Gasteiger partial charge in [0.25, 0.3) is 0 Å². The summed E-state index contributed by atoms with van der Waals surface area (Å²) in [5.74, 6) is 0. The van der Waals surface area contributed by atoms with E-state index in [1.165, 1.54) is 5.56 Å². The normalized spacial score (nSPS) is 9.22. The number of thiazole rings is 1. The molecule has 2 nitrogen and oxygen atoms in total. The van der Waals surface area contributed by atoms with Gasteiger partial charge in [-0.15, -0.1) is 11.3 Å². The van der Waals surface area contributed by atoms with Gasteiger partial charge in [0.05, 0.1) is 5.51 Å². The van der Waals surface area contributed by atoms with Crippen molar-refractivity contribution in [2.75, 3.05) is 0 Å². The molecule has 0 spiro atoms. The lowest BCUT2D eigenvalue weighted by molar-refractivity contribution is 0.469. The molecule has 0 bridgehead atoms. The van der Waals surface area contributed by atoms with Gasteiger partial charge in [0.2, 0.25) is 0 Å². The van der Waals surface area contributed by atoms with Crippen molar-refractivity contribution in [3.63, 3.8) is 0 Å². The summed E-state index contributed by atoms with van der Waals surface area (Å²) in [5.41, 5.74) is 4.48. The summed E-state index contributed by atoms with van der Waals surface area (Å²) in [6.07, 6.45) is 5.27. The van der Waals surface area contributed by atoms with E-state index in [9.17, 15) is 0 Å². The maximum Gasteiger partial charge on any atom is 0.0791 e. The number of hydrogen-bond donors (Lipinski definition) is 0. The number of aromatic nitrogens is 2. The predicted molar refractivity (Wildman–Crippen MR) is 176 cm³/mol. The molecule has 3 heteroatoms. The Kier molecular flexibility index (Phi) is 36.7. The van der Waals surface area contributed by atoms with Gasteiger partial charge >= 0.3 is 0 Å². The van der Waals surface area contributed by atoms with E-state index in [1.54, 1.807) is 35.4 Å². The van der Waals surface area contributed by atoms with Gasteiger partial charge in [-0.05, 0) is 33.9 Å². The van der Waals surface area contributed by atoms with E-state index < -0.39 is 0 Å². The largest absolute Gasteiger partial charge is 0.265 e. The Balaban J connectivity index is -0.000000113. The maximum atomic E-state index is 3.78. The number of pyridine rings is 1. The molecule has 0 amide bonds. The first kappa shape index (κ1) is 45.0. The van der Waals surface area contributed by atoms with Crippen LogP contribution in [0.15, 0.2) is 78.0 Å². The Labute approximate surface area is 238 Å². The summed E-state index contributed by atoms with van der Waals surface area (Å²) >= 11 is 1.60. The van der Waals surface area contributed by atoms with Crippen LogP contribution >= 0.6 is 11.3 Å². The van der Waals surface area contributed by atoms with Gasteiger partial charge in [-0.25, -0.2) is 0 Å². The van der Waals surface area contributed by atoms with Crippen LogP contribution in [0.1, 0.15) is 123 Å². The molecule has 216 valence electrons. The lowest BCUT2D eigenvalue weighted by Crippen LogP contribution is -2.10. The Hall–Kier alpha value is -2.00. The van der Waals surface area contributed by atoms with E-state index in [0.717, 1.165) is 0 Å². The van der Waals surface area contributed by atoms with Gasteiger partial charge in [-0.1, -0.05) is 154 Å². The van der Waals surface area contributed by atoms with Gasteiger partial charge in [-0.3, -0.25) is 9.97 Å². The first-order valence-electron chi connectivity index (χ1n) is 13.8. The molecule has 3 rings (SSSR count). The van der Waals surface area contributed by atoms with Gasteiger partial charge in [0.15, 0.2) is 0 Å². The zero-order valence-electron chi connectivity index (χ0n) is 27.8. The maximum absolute atomic E-state index is 3.78. The van der Waals surface area contributed by atoms with E-state index in [0.29, 0.717) is 16.2 Å². The molecule has 0 saturated heterocycles. The molecule has 0 aliphatic carbocycles. The highest BCUT2D eigenvalue weighted by Crippen LogP contribution is 2.20. The second-order valence-corrected chi connectivity index (χ2v) is 12.1. The summed E-state index contributed by atoms with van der Waals surface area (Å²) < 4.78 is 0. The van der Waals surface area contributed by atoms with Gasteiger partial charge in [0, 0.05) is 24.0 Å². The van der Waals surface area contributed by atoms with Crippen LogP contribution in [0.3, 0.4) is 0 Å². The van der Waals surface area contributed by atoms with Crippen LogP contribution in [0.4, 0.5) is 0 Å². The smallest absolute Gasteiger partial charge is 0.0791 e. The topological polar surface area (TPSA) is 25.8 Å². The quantitative estimate of drug-likeness (QED) is 0.288. The molecule has 0 saturated carbocycles. The fourth-order valence-electron chi connectivity index (χ4n) is 1.43. The van der Waals surface area contributed by atoms with Crippen LogP contribution in [0, 0.1) is 10.8 Å². The summed E-state index contributed by atoms with van der Waals surface area (Å²) in [6, 6.07) is 16.3. The standard InChI is InChI=1S/C10H14.C5H5N.2C5H12.C3H3NS.3C2H6/c1-10(2,3)9-7-5-4-6-8-9;1-2-4-6-5-3-1;2*1-5(2,3)4;1-2-5-3-4-1;3*1-2/h4-8H,1-3H3;1-5H;2*1-4H3;1-3H;3*1-2H3. The van der Waals surface area contributed by atoms with E-state index in [-0.39, 0.29) is 0 Å². The average Bonchev–Trinajstić information content (AvgIpc) is 3.43. The Bertz CT molecular complexity index is 635. The average molecular weight is 533 g/mol. The van der Waals surface area contributed by atoms with Crippen LogP contribution < -0.4 is 0 Å². The molecular formula is C34H64N2S. The van der Waals surface area contributed by atoms with E-state index >= 15 is 0 Å². The molecule has 2 heterocycles. The minimum Gasteiger partial charge on any atom is -0.265 e. The van der Waals surface area contributed by atoms with Crippen molar-refractivity contribution >= 4 is 11.3 Å². The molecule has 0 aliphatic heterocycles. The monoisotopic (exact) mass is 532 g/mol. The van der Waals surface area contributed by atoms with Crippen molar-refractivity contribution in [1.29, 1.82) is 0 Å². The summed E-state index contributed by atoms with van der Waals surface area (Å²) in [4.78, 5) is 7.53. The summed E-state index contributed by atoms with van der Waals surface area (Å²) in [6.45, 7) is 36.2. The van der Waals surface area contributed by atoms with E-state index in [1.807, 2.05) is 65.1 Å². The molecule has 37 heavy (non-hydrogen) atoms. The summed E-state index contributed by atoms with van der Waals surface area (Å²) in [5, 5.41) is 1.93. The highest BCUT2D eigenvalue weighted by atomic mass is 32.1. The first-order valence-corrected chi connectivity index (χ1v) is 14.8. The second kappa shape index (κ2) is 30.2. The Morgan fingerprint density at radius 1 is 0.486 bits per heavy atom. The third-order valence-corrected chi connectivity index (χ3v) is 3.08. The van der Waals surface area contributed by atoms with Crippen LogP contribution in [0.5, 0.6) is 0 Å². The van der Waals surface area contributed by atoms with Crippen LogP contribution in [0.2, 0.25) is 0 Å². The van der Waals surface area contributed by atoms with Crippen molar-refractivity contribution in [1.82, 2.24) is 9.97 Å². The van der Waals surface area contributed by atoms with Crippen LogP contribution in [-0.2, 0) is 5.41 Å². The van der Waals surface area contributed by atoms with Crippen LogP contribution in [-0.4, -0.2) is 9.97 Å². The third kappa shape index (κ3) is 65.8. The molecule has 0 fully saturated rings. The van der Waals surface area contributed by atoms with Crippen molar-refractivity contribution in [3.05, 3.63) is 83.6 Å². The Morgan fingerprint density at radius 2 is 0.838 bits per heavy atom. The summed E-state index contributed by atoms with van der Waals surface area (Å²) in [7, 11) is 0. The number of rotatable bonds is 0. The number of hydrogen-bond acceptors (Lipinski definition) is 3. The molecule has 0 radical (unpaired) electrons. The van der Waals surface area contributed by atoms with Gasteiger partial charge in [-0.2, -0.15) is 0 Å². The second-order valence-electron chi connectivity index (χ2n) is 11.3. The third-order valence-electron chi connectivity index (χ3n) is 2.55. The lowest BCUT2D eigenvalue weighted by atomic mass is 9.87. The molecule has 0 aliphatic rings. The highest BCUT2D eigenvalue weighted by molar-refractivity contribution is 7.07. The highest BCUT2D eigenvalue weighted by Gasteiger charge is 2.11. The lowest BCUT2D eigenvalue weighted by Gasteiger charge is -2.18. The zero-order chi connectivity index (χ0) is 30.4. The fourth-order valence-corrected chi connectivity index (χ4v) is 1.78. The minimum atomic E-state index is 0.293. The molecule has 0 N–H and O–H groups in total. The van der Waals surface area contributed by atoms with Gasteiger partial charge in [0.1, 0.15) is 0 Å². The predicted octanol–water partition coefficient (Wildman–Crippen LogP) is 12.4. The van der Waals surface area contributed by atoms with Crippen molar-refractivity contribution in [2.24, 2.45) is 10.8 Å². The van der Waals surface area contributed by atoms with Crippen molar-refractivity contribution in [2.45, 2.75) is 123 Å². The van der Waals surface area contributed by atoms with E-state index in [4.69, 9.17) is 0 Å². The fraction of sp³-hybridized carbons (Fsp3) is 0.588. The minimum absolute atomic E-state index is 0.293. The van der Waals surface area contributed by atoms with Crippen LogP contribution in [0.25, 0.3) is 0 Å².